The van der Waals surface area contributed by atoms with Gasteiger partial charge in [0.15, 0.2) is 0 Å². The smallest absolute Gasteiger partial charge is 0.322 e. The van der Waals surface area contributed by atoms with E-state index in [1.165, 1.54) is 0 Å². The molecule has 0 saturated carbocycles. The monoisotopic (exact) mass is 251 g/mol. The zero-order valence-electron chi connectivity index (χ0n) is 8.66. The molecule has 16 heavy (non-hydrogen) atoms. The number of carboxylic acid groups (broad SMARTS) is 2. The van der Waals surface area contributed by atoms with E-state index in [1.54, 1.807) is 0 Å². The van der Waals surface area contributed by atoms with Gasteiger partial charge >= 0.3 is 11.9 Å². The van der Waals surface area contributed by atoms with E-state index in [0.29, 0.717) is 0 Å². The van der Waals surface area contributed by atoms with Crippen LogP contribution < -0.4 is 0 Å². The van der Waals surface area contributed by atoms with Crippen LogP contribution in [0, 0.1) is 5.92 Å². The Morgan fingerprint density at radius 2 is 1.75 bits per heavy atom. The SMILES string of the molecule is CS(=O)(=O)N1CC(C(=O)O)CCC1C(=O)O. The molecule has 1 aliphatic heterocycles. The van der Waals surface area contributed by atoms with Crippen molar-refractivity contribution in [1.82, 2.24) is 4.31 Å². The molecule has 1 rings (SSSR count). The first-order valence-corrected chi connectivity index (χ1v) is 6.50. The third-order valence-electron chi connectivity index (χ3n) is 2.60. The van der Waals surface area contributed by atoms with E-state index in [1.807, 2.05) is 0 Å². The van der Waals surface area contributed by atoms with Gasteiger partial charge in [0.25, 0.3) is 0 Å². The van der Waals surface area contributed by atoms with Gasteiger partial charge in [-0.2, -0.15) is 4.31 Å². The molecule has 0 spiro atoms. The normalized spacial score (nSPS) is 27.6. The largest absolute Gasteiger partial charge is 0.481 e. The number of aliphatic carboxylic acids is 2. The summed E-state index contributed by atoms with van der Waals surface area (Å²) >= 11 is 0. The molecule has 1 saturated heterocycles. The van der Waals surface area contributed by atoms with Crippen LogP contribution in [-0.4, -0.2) is 53.7 Å². The van der Waals surface area contributed by atoms with Gasteiger partial charge in [-0.1, -0.05) is 0 Å². The molecule has 0 aliphatic carbocycles. The molecule has 2 unspecified atom stereocenters. The quantitative estimate of drug-likeness (QED) is 0.678. The summed E-state index contributed by atoms with van der Waals surface area (Å²) in [5.74, 6) is -3.17. The highest BCUT2D eigenvalue weighted by atomic mass is 32.2. The lowest BCUT2D eigenvalue weighted by Crippen LogP contribution is -2.51. The van der Waals surface area contributed by atoms with Crippen LogP contribution in [0.2, 0.25) is 0 Å². The van der Waals surface area contributed by atoms with Crippen molar-refractivity contribution in [2.24, 2.45) is 5.92 Å². The summed E-state index contributed by atoms with van der Waals surface area (Å²) in [5.41, 5.74) is 0. The van der Waals surface area contributed by atoms with Gasteiger partial charge in [-0.3, -0.25) is 9.59 Å². The fourth-order valence-electron chi connectivity index (χ4n) is 1.75. The van der Waals surface area contributed by atoms with E-state index in [-0.39, 0.29) is 19.4 Å². The first-order valence-electron chi connectivity index (χ1n) is 4.66. The number of carbonyl (C=O) groups is 2. The second-order valence-corrected chi connectivity index (χ2v) is 5.73. The molecule has 1 aliphatic rings. The molecule has 0 aromatic heterocycles. The van der Waals surface area contributed by atoms with E-state index in [2.05, 4.69) is 0 Å². The second kappa shape index (κ2) is 4.38. The molecule has 1 heterocycles. The maximum Gasteiger partial charge on any atom is 0.322 e. The summed E-state index contributed by atoms with van der Waals surface area (Å²) in [7, 11) is -3.70. The summed E-state index contributed by atoms with van der Waals surface area (Å²) in [6, 6.07) is -1.15. The molecule has 0 amide bonds. The van der Waals surface area contributed by atoms with E-state index in [4.69, 9.17) is 10.2 Å². The Morgan fingerprint density at radius 1 is 1.19 bits per heavy atom. The predicted molar refractivity (Wildman–Crippen MR) is 53.3 cm³/mol. The third kappa shape index (κ3) is 2.70. The van der Waals surface area contributed by atoms with Crippen LogP contribution in [0.1, 0.15) is 12.8 Å². The molecule has 2 atom stereocenters. The maximum absolute atomic E-state index is 11.3. The standard InChI is InChI=1S/C8H13NO6S/c1-16(14,15)9-4-5(7(10)11)2-3-6(9)8(12)13/h5-6H,2-4H2,1H3,(H,10,11)(H,12,13). The van der Waals surface area contributed by atoms with Gasteiger partial charge in [0.1, 0.15) is 6.04 Å². The number of hydrogen-bond donors (Lipinski definition) is 2. The average molecular weight is 251 g/mol. The highest BCUT2D eigenvalue weighted by molar-refractivity contribution is 7.88. The summed E-state index contributed by atoms with van der Waals surface area (Å²) < 4.78 is 23.4. The Morgan fingerprint density at radius 3 is 2.12 bits per heavy atom. The Balaban J connectivity index is 2.95. The van der Waals surface area contributed by atoms with Gasteiger partial charge in [-0.05, 0) is 12.8 Å². The molecule has 0 aromatic rings. The van der Waals surface area contributed by atoms with Crippen LogP contribution in [0.15, 0.2) is 0 Å². The van der Waals surface area contributed by atoms with E-state index >= 15 is 0 Å². The van der Waals surface area contributed by atoms with Crippen LogP contribution in [-0.2, 0) is 19.6 Å². The van der Waals surface area contributed by atoms with Gasteiger partial charge in [0.2, 0.25) is 10.0 Å². The zero-order valence-corrected chi connectivity index (χ0v) is 9.48. The predicted octanol–water partition coefficient (Wildman–Crippen LogP) is -0.804. The molecule has 1 fully saturated rings. The highest BCUT2D eigenvalue weighted by Crippen LogP contribution is 2.24. The van der Waals surface area contributed by atoms with Crippen LogP contribution in [0.25, 0.3) is 0 Å². The van der Waals surface area contributed by atoms with Crippen molar-refractivity contribution < 1.29 is 28.2 Å². The number of carboxylic acids is 2. The lowest BCUT2D eigenvalue weighted by molar-refractivity contribution is -0.148. The number of piperidine rings is 1. The van der Waals surface area contributed by atoms with Gasteiger partial charge in [-0.15, -0.1) is 0 Å². The fourth-order valence-corrected chi connectivity index (χ4v) is 2.86. The van der Waals surface area contributed by atoms with Crippen molar-refractivity contribution >= 4 is 22.0 Å². The van der Waals surface area contributed by atoms with Crippen LogP contribution in [0.5, 0.6) is 0 Å². The van der Waals surface area contributed by atoms with Crippen LogP contribution >= 0.6 is 0 Å². The molecule has 8 heteroatoms. The van der Waals surface area contributed by atoms with E-state index in [0.717, 1.165) is 10.6 Å². The highest BCUT2D eigenvalue weighted by Gasteiger charge is 2.40. The molecule has 7 nitrogen and oxygen atoms in total. The minimum absolute atomic E-state index is 0.0272. The van der Waals surface area contributed by atoms with Gasteiger partial charge in [0, 0.05) is 6.54 Å². The average Bonchev–Trinajstić information content (AvgIpc) is 2.15. The first-order chi connectivity index (χ1) is 7.23. The van der Waals surface area contributed by atoms with Crippen LogP contribution in [0.4, 0.5) is 0 Å². The van der Waals surface area contributed by atoms with Gasteiger partial charge < -0.3 is 10.2 Å². The van der Waals surface area contributed by atoms with Crippen LogP contribution in [0.3, 0.4) is 0 Å². The summed E-state index contributed by atoms with van der Waals surface area (Å²) in [5, 5.41) is 17.6. The van der Waals surface area contributed by atoms with Crippen molar-refractivity contribution in [3.63, 3.8) is 0 Å². The second-order valence-electron chi connectivity index (χ2n) is 3.80. The molecular formula is C8H13NO6S. The lowest BCUT2D eigenvalue weighted by Gasteiger charge is -2.33. The topological polar surface area (TPSA) is 112 Å². The molecular weight excluding hydrogens is 238 g/mol. The van der Waals surface area contributed by atoms with E-state index in [9.17, 15) is 18.0 Å². The van der Waals surface area contributed by atoms with Crippen molar-refractivity contribution in [1.29, 1.82) is 0 Å². The molecule has 92 valence electrons. The van der Waals surface area contributed by atoms with Gasteiger partial charge in [0.05, 0.1) is 12.2 Å². The number of nitrogens with zero attached hydrogens (tertiary/aromatic N) is 1. The van der Waals surface area contributed by atoms with Crippen molar-refractivity contribution in [3.05, 3.63) is 0 Å². The Kier molecular flexibility index (Phi) is 3.54. The Labute approximate surface area is 92.7 Å². The van der Waals surface area contributed by atoms with Crippen molar-refractivity contribution in [2.75, 3.05) is 12.8 Å². The number of hydrogen-bond acceptors (Lipinski definition) is 4. The Hall–Kier alpha value is -1.15. The fraction of sp³-hybridized carbons (Fsp3) is 0.750. The molecule has 2 N–H and O–H groups in total. The van der Waals surface area contributed by atoms with E-state index < -0.39 is 33.9 Å². The molecule has 0 bridgehead atoms. The summed E-state index contributed by atoms with van der Waals surface area (Å²) in [6.07, 6.45) is 1.09. The minimum atomic E-state index is -3.70. The van der Waals surface area contributed by atoms with Gasteiger partial charge in [-0.25, -0.2) is 8.42 Å². The maximum atomic E-state index is 11.3. The molecule has 0 radical (unpaired) electrons. The zero-order chi connectivity index (χ0) is 12.5. The first kappa shape index (κ1) is 12.9. The number of sulfonamides is 1. The lowest BCUT2D eigenvalue weighted by atomic mass is 9.95. The Bertz CT molecular complexity index is 403. The number of rotatable bonds is 3. The summed E-state index contributed by atoms with van der Waals surface area (Å²) in [6.45, 7) is -0.273. The van der Waals surface area contributed by atoms with Crippen molar-refractivity contribution in [3.8, 4) is 0 Å². The summed E-state index contributed by atoms with van der Waals surface area (Å²) in [4.78, 5) is 21.6. The third-order valence-corrected chi connectivity index (χ3v) is 3.85. The molecule has 0 aromatic carbocycles. The van der Waals surface area contributed by atoms with Crippen molar-refractivity contribution in [2.45, 2.75) is 18.9 Å². The minimum Gasteiger partial charge on any atom is -0.481 e.